The van der Waals surface area contributed by atoms with Gasteiger partial charge in [0.15, 0.2) is 0 Å². The van der Waals surface area contributed by atoms with Crippen LogP contribution in [0.4, 0.5) is 5.69 Å². The molecule has 0 saturated heterocycles. The molecule has 0 aliphatic carbocycles. The Morgan fingerprint density at radius 3 is 2.81 bits per heavy atom. The van der Waals surface area contributed by atoms with Crippen LogP contribution >= 0.6 is 38.5 Å². The molecule has 110 valence electrons. The fourth-order valence-electron chi connectivity index (χ4n) is 1.93. The van der Waals surface area contributed by atoms with Crippen molar-refractivity contribution in [3.8, 4) is 0 Å². The van der Waals surface area contributed by atoms with Gasteiger partial charge in [0.05, 0.1) is 12.2 Å². The third-order valence-corrected chi connectivity index (χ3v) is 4.45. The Morgan fingerprint density at radius 2 is 2.05 bits per heavy atom. The highest BCUT2D eigenvalue weighted by molar-refractivity contribution is 14.1. The number of ether oxygens (including phenoxy) is 1. The lowest BCUT2D eigenvalue weighted by Crippen LogP contribution is -2.15. The Kier molecular flexibility index (Phi) is 6.20. The molecule has 0 aliphatic heterocycles. The molecule has 0 radical (unpaired) electrons. The van der Waals surface area contributed by atoms with Gasteiger partial charge in [0.2, 0.25) is 0 Å². The average molecular weight is 460 g/mol. The maximum absolute atomic E-state index is 12.4. The van der Waals surface area contributed by atoms with E-state index in [4.69, 9.17) is 4.74 Å². The second-order valence-corrected chi connectivity index (χ2v) is 6.56. The van der Waals surface area contributed by atoms with Crippen molar-refractivity contribution in [3.63, 3.8) is 0 Å². The molecule has 2 aromatic carbocycles. The fraction of sp³-hybridized carbons (Fsp3) is 0.188. The molecule has 5 heteroatoms. The molecule has 0 bridgehead atoms. The van der Waals surface area contributed by atoms with Crippen LogP contribution in [0.15, 0.2) is 46.9 Å². The molecule has 1 amide bonds. The Bertz CT molecular complexity index is 646. The van der Waals surface area contributed by atoms with Crippen molar-refractivity contribution >= 4 is 50.1 Å². The first-order chi connectivity index (χ1) is 10.1. The summed E-state index contributed by atoms with van der Waals surface area (Å²) >= 11 is 5.56. The van der Waals surface area contributed by atoms with E-state index in [-0.39, 0.29) is 5.91 Å². The van der Waals surface area contributed by atoms with Crippen molar-refractivity contribution in [2.24, 2.45) is 0 Å². The average Bonchev–Trinajstić information content (AvgIpc) is 2.48. The Morgan fingerprint density at radius 1 is 1.29 bits per heavy atom. The quantitative estimate of drug-likeness (QED) is 0.668. The number of carbonyl (C=O) groups excluding carboxylic acids is 1. The molecular formula is C16H15BrINO2. The molecule has 0 unspecified atom stereocenters. The van der Waals surface area contributed by atoms with Gasteiger partial charge in [-0.15, -0.1) is 0 Å². The van der Waals surface area contributed by atoms with Gasteiger partial charge in [0.25, 0.3) is 5.91 Å². The van der Waals surface area contributed by atoms with Crippen LogP contribution in [0.3, 0.4) is 0 Å². The molecule has 0 saturated carbocycles. The normalized spacial score (nSPS) is 10.4. The molecule has 0 aliphatic rings. The van der Waals surface area contributed by atoms with Gasteiger partial charge >= 0.3 is 0 Å². The number of rotatable bonds is 5. The van der Waals surface area contributed by atoms with Gasteiger partial charge in [-0.1, -0.05) is 34.1 Å². The second kappa shape index (κ2) is 7.91. The van der Waals surface area contributed by atoms with Crippen molar-refractivity contribution in [1.82, 2.24) is 0 Å². The summed E-state index contributed by atoms with van der Waals surface area (Å²) in [5, 5.41) is 2.98. The van der Waals surface area contributed by atoms with E-state index in [1.807, 2.05) is 42.5 Å². The van der Waals surface area contributed by atoms with Crippen molar-refractivity contribution in [2.45, 2.75) is 6.42 Å². The van der Waals surface area contributed by atoms with E-state index in [2.05, 4.69) is 43.8 Å². The predicted octanol–water partition coefficient (Wildman–Crippen LogP) is 4.49. The lowest BCUT2D eigenvalue weighted by atomic mass is 10.1. The first-order valence-electron chi connectivity index (χ1n) is 6.45. The first kappa shape index (κ1) is 16.5. The zero-order valence-electron chi connectivity index (χ0n) is 11.5. The smallest absolute Gasteiger partial charge is 0.256 e. The molecule has 0 fully saturated rings. The van der Waals surface area contributed by atoms with Gasteiger partial charge in [-0.3, -0.25) is 4.79 Å². The van der Waals surface area contributed by atoms with E-state index in [1.54, 1.807) is 7.11 Å². The largest absolute Gasteiger partial charge is 0.384 e. The van der Waals surface area contributed by atoms with Gasteiger partial charge in [-0.05, 0) is 58.8 Å². The van der Waals surface area contributed by atoms with Crippen molar-refractivity contribution in [2.75, 3.05) is 19.0 Å². The lowest BCUT2D eigenvalue weighted by molar-refractivity contribution is 0.102. The molecule has 0 aromatic heterocycles. The highest BCUT2D eigenvalue weighted by Crippen LogP contribution is 2.21. The van der Waals surface area contributed by atoms with E-state index >= 15 is 0 Å². The van der Waals surface area contributed by atoms with Crippen LogP contribution in [-0.2, 0) is 11.2 Å². The van der Waals surface area contributed by atoms with E-state index in [0.29, 0.717) is 12.2 Å². The first-order valence-corrected chi connectivity index (χ1v) is 8.32. The zero-order chi connectivity index (χ0) is 15.2. The number of hydrogen-bond donors (Lipinski definition) is 1. The summed E-state index contributed by atoms with van der Waals surface area (Å²) in [4.78, 5) is 12.4. The fourth-order valence-corrected chi connectivity index (χ4v) is 2.87. The van der Waals surface area contributed by atoms with Crippen LogP contribution in [0.2, 0.25) is 0 Å². The predicted molar refractivity (Wildman–Crippen MR) is 96.8 cm³/mol. The molecule has 21 heavy (non-hydrogen) atoms. The number of methoxy groups -OCH3 is 1. The summed E-state index contributed by atoms with van der Waals surface area (Å²) < 4.78 is 6.91. The number of halogens is 2. The van der Waals surface area contributed by atoms with Crippen molar-refractivity contribution in [1.29, 1.82) is 0 Å². The molecule has 1 N–H and O–H groups in total. The number of benzene rings is 2. The second-order valence-electron chi connectivity index (χ2n) is 4.48. The molecule has 3 nitrogen and oxygen atoms in total. The summed E-state index contributed by atoms with van der Waals surface area (Å²) in [6, 6.07) is 13.5. The topological polar surface area (TPSA) is 38.3 Å². The zero-order valence-corrected chi connectivity index (χ0v) is 15.3. The number of amides is 1. The maximum Gasteiger partial charge on any atom is 0.256 e. The number of para-hydroxylation sites is 1. The van der Waals surface area contributed by atoms with E-state index in [0.717, 1.165) is 25.7 Å². The van der Waals surface area contributed by atoms with Crippen molar-refractivity contribution in [3.05, 3.63) is 61.6 Å². The minimum Gasteiger partial charge on any atom is -0.384 e. The highest BCUT2D eigenvalue weighted by Gasteiger charge is 2.12. The van der Waals surface area contributed by atoms with Crippen LogP contribution < -0.4 is 5.32 Å². The molecule has 0 spiro atoms. The van der Waals surface area contributed by atoms with Crippen LogP contribution in [0.1, 0.15) is 15.9 Å². The Hall–Kier alpha value is -0.920. The third kappa shape index (κ3) is 4.52. The highest BCUT2D eigenvalue weighted by atomic mass is 127. The maximum atomic E-state index is 12.4. The van der Waals surface area contributed by atoms with Crippen LogP contribution in [0.25, 0.3) is 0 Å². The Labute approximate surface area is 146 Å². The van der Waals surface area contributed by atoms with Crippen molar-refractivity contribution < 1.29 is 9.53 Å². The number of nitrogens with one attached hydrogen (secondary N) is 1. The monoisotopic (exact) mass is 459 g/mol. The summed E-state index contributed by atoms with van der Waals surface area (Å²) in [7, 11) is 1.67. The summed E-state index contributed by atoms with van der Waals surface area (Å²) in [6.45, 7) is 0.626. The molecule has 2 aromatic rings. The van der Waals surface area contributed by atoms with Gasteiger partial charge in [0.1, 0.15) is 0 Å². The van der Waals surface area contributed by atoms with E-state index < -0.39 is 0 Å². The summed E-state index contributed by atoms with van der Waals surface area (Å²) in [6.07, 6.45) is 0.766. The summed E-state index contributed by atoms with van der Waals surface area (Å²) in [5.74, 6) is -0.106. The third-order valence-electron chi connectivity index (χ3n) is 3.01. The minimum atomic E-state index is -0.106. The van der Waals surface area contributed by atoms with Crippen LogP contribution in [-0.4, -0.2) is 19.6 Å². The number of anilines is 1. The number of carbonyl (C=O) groups is 1. The SMILES string of the molecule is COCCc1ccccc1NC(=O)c1cc(Br)ccc1I. The molecule has 2 rings (SSSR count). The Balaban J connectivity index is 2.21. The van der Waals surface area contributed by atoms with E-state index in [1.165, 1.54) is 0 Å². The lowest BCUT2D eigenvalue weighted by Gasteiger charge is -2.12. The van der Waals surface area contributed by atoms with Crippen LogP contribution in [0, 0.1) is 3.57 Å². The standard InChI is InChI=1S/C16H15BrINO2/c1-21-9-8-11-4-2-3-5-15(11)19-16(20)13-10-12(17)6-7-14(13)18/h2-7,10H,8-9H2,1H3,(H,19,20). The summed E-state index contributed by atoms with van der Waals surface area (Å²) in [5.41, 5.74) is 2.56. The van der Waals surface area contributed by atoms with Gasteiger partial charge in [-0.25, -0.2) is 0 Å². The molecular weight excluding hydrogens is 445 g/mol. The molecule has 0 heterocycles. The molecule has 0 atom stereocenters. The van der Waals surface area contributed by atoms with Gasteiger partial charge in [0, 0.05) is 20.8 Å². The number of hydrogen-bond acceptors (Lipinski definition) is 2. The van der Waals surface area contributed by atoms with E-state index in [9.17, 15) is 4.79 Å². The van der Waals surface area contributed by atoms with Gasteiger partial charge in [-0.2, -0.15) is 0 Å². The van der Waals surface area contributed by atoms with Crippen LogP contribution in [0.5, 0.6) is 0 Å². The van der Waals surface area contributed by atoms with Gasteiger partial charge < -0.3 is 10.1 Å². The minimum absolute atomic E-state index is 0.106.